The fourth-order valence-corrected chi connectivity index (χ4v) is 4.82. The number of carbonyl (C=O) groups excluding carboxylic acids is 2. The van der Waals surface area contributed by atoms with Crippen LogP contribution in [0, 0.1) is 0 Å². The summed E-state index contributed by atoms with van der Waals surface area (Å²) in [6, 6.07) is 14.0. The van der Waals surface area contributed by atoms with Gasteiger partial charge < -0.3 is 25.2 Å². The topological polar surface area (TPSA) is 116 Å². The molecule has 8 heteroatoms. The summed E-state index contributed by atoms with van der Waals surface area (Å²) >= 11 is 0. The molecular formula is C25H28N2O6. The van der Waals surface area contributed by atoms with E-state index in [1.54, 1.807) is 0 Å². The minimum absolute atomic E-state index is 0.0230. The van der Waals surface area contributed by atoms with Gasteiger partial charge in [-0.15, -0.1) is 0 Å². The summed E-state index contributed by atoms with van der Waals surface area (Å²) in [6.45, 7) is 1.92. The number of aliphatic hydroxyl groups excluding tert-OH is 1. The van der Waals surface area contributed by atoms with Gasteiger partial charge in [0.05, 0.1) is 6.10 Å². The Balaban J connectivity index is 1.43. The molecule has 0 saturated carbocycles. The number of fused-ring (bicyclic) bond motifs is 3. The molecule has 2 aliphatic rings. The third kappa shape index (κ3) is 4.57. The second kappa shape index (κ2) is 9.62. The number of aliphatic hydroxyl groups is 1. The summed E-state index contributed by atoms with van der Waals surface area (Å²) in [4.78, 5) is 38.3. The van der Waals surface area contributed by atoms with E-state index in [0.29, 0.717) is 12.8 Å². The molecule has 33 heavy (non-hydrogen) atoms. The van der Waals surface area contributed by atoms with Crippen LogP contribution in [-0.2, 0) is 14.3 Å². The molecule has 1 aliphatic carbocycles. The van der Waals surface area contributed by atoms with Crippen LogP contribution < -0.4 is 5.32 Å². The molecule has 0 spiro atoms. The second-order valence-electron chi connectivity index (χ2n) is 8.55. The zero-order chi connectivity index (χ0) is 23.5. The van der Waals surface area contributed by atoms with Crippen LogP contribution in [0.3, 0.4) is 0 Å². The first-order valence-electron chi connectivity index (χ1n) is 11.2. The molecule has 4 rings (SSSR count). The minimum atomic E-state index is -1.17. The van der Waals surface area contributed by atoms with E-state index in [-0.39, 0.29) is 25.5 Å². The van der Waals surface area contributed by atoms with Crippen molar-refractivity contribution in [2.45, 2.75) is 50.3 Å². The van der Waals surface area contributed by atoms with Gasteiger partial charge in [0.2, 0.25) is 5.91 Å². The van der Waals surface area contributed by atoms with Crippen molar-refractivity contribution in [3.63, 3.8) is 0 Å². The van der Waals surface area contributed by atoms with E-state index in [9.17, 15) is 24.6 Å². The third-order valence-electron chi connectivity index (χ3n) is 6.36. The molecule has 2 amide bonds. The average molecular weight is 453 g/mol. The Bertz CT molecular complexity index is 1010. The van der Waals surface area contributed by atoms with Crippen molar-refractivity contribution in [2.24, 2.45) is 0 Å². The van der Waals surface area contributed by atoms with Crippen LogP contribution in [0.4, 0.5) is 4.79 Å². The fraction of sp³-hybridized carbons (Fsp3) is 0.400. The Morgan fingerprint density at radius 3 is 2.27 bits per heavy atom. The number of likely N-dealkylation sites (tertiary alicyclic amines) is 1. The monoisotopic (exact) mass is 452 g/mol. The van der Waals surface area contributed by atoms with Crippen LogP contribution >= 0.6 is 0 Å². The molecule has 1 fully saturated rings. The molecular weight excluding hydrogens is 424 g/mol. The van der Waals surface area contributed by atoms with Crippen LogP contribution in [0.1, 0.15) is 43.2 Å². The van der Waals surface area contributed by atoms with Crippen molar-refractivity contribution in [1.29, 1.82) is 0 Å². The Hall–Kier alpha value is -3.39. The molecule has 3 N–H and O–H groups in total. The maximum atomic E-state index is 13.0. The number of aliphatic carboxylic acids is 1. The molecule has 1 saturated heterocycles. The number of carboxylic acids is 1. The number of rotatable bonds is 7. The minimum Gasteiger partial charge on any atom is -0.480 e. The van der Waals surface area contributed by atoms with E-state index in [1.165, 1.54) is 0 Å². The standard InChI is InChI=1S/C25H28N2O6/c1-2-7-21(23(29)27-13-15(28)12-22(27)24(30)31)26-25(32)33-14-20-18-10-5-3-8-16(18)17-9-4-6-11-19(17)20/h3-6,8-11,15,20-22,28H,2,7,12-14H2,1H3,(H,26,32)(H,30,31)/t15-,21-,22-/m1/s1. The SMILES string of the molecule is CCC[C@@H](NC(=O)OCC1c2ccccc2-c2ccccc21)C(=O)N1C[C@H](O)C[C@@H]1C(=O)O. The van der Waals surface area contributed by atoms with Gasteiger partial charge in [0.1, 0.15) is 18.7 Å². The summed E-state index contributed by atoms with van der Waals surface area (Å²) in [5, 5.41) is 21.9. The number of hydrogen-bond donors (Lipinski definition) is 3. The number of amides is 2. The maximum absolute atomic E-state index is 13.0. The lowest BCUT2D eigenvalue weighted by Crippen LogP contribution is -2.52. The first-order chi connectivity index (χ1) is 15.9. The zero-order valence-electron chi connectivity index (χ0n) is 18.4. The lowest BCUT2D eigenvalue weighted by atomic mass is 9.98. The van der Waals surface area contributed by atoms with Crippen LogP contribution in [0.25, 0.3) is 11.1 Å². The molecule has 3 atom stereocenters. The second-order valence-corrected chi connectivity index (χ2v) is 8.55. The Morgan fingerprint density at radius 1 is 1.09 bits per heavy atom. The van der Waals surface area contributed by atoms with Crippen molar-refractivity contribution in [1.82, 2.24) is 10.2 Å². The highest BCUT2D eigenvalue weighted by Crippen LogP contribution is 2.44. The van der Waals surface area contributed by atoms with Gasteiger partial charge in [0, 0.05) is 18.9 Å². The van der Waals surface area contributed by atoms with E-state index in [2.05, 4.69) is 5.32 Å². The number of benzene rings is 2. The largest absolute Gasteiger partial charge is 0.480 e. The number of carboxylic acid groups (broad SMARTS) is 1. The van der Waals surface area contributed by atoms with E-state index in [1.807, 2.05) is 55.5 Å². The normalized spacial score (nSPS) is 20.1. The van der Waals surface area contributed by atoms with Crippen molar-refractivity contribution in [3.8, 4) is 11.1 Å². The predicted molar refractivity (Wildman–Crippen MR) is 121 cm³/mol. The molecule has 0 unspecified atom stereocenters. The van der Waals surface area contributed by atoms with E-state index >= 15 is 0 Å². The van der Waals surface area contributed by atoms with Crippen LogP contribution in [0.5, 0.6) is 0 Å². The number of carbonyl (C=O) groups is 3. The number of nitrogens with one attached hydrogen (secondary N) is 1. The number of β-amino-alcohol motifs (C(OH)–C–C–N with tert-alkyl or cyclic N) is 1. The van der Waals surface area contributed by atoms with Gasteiger partial charge >= 0.3 is 12.1 Å². The van der Waals surface area contributed by atoms with Crippen LogP contribution in [-0.4, -0.2) is 64.4 Å². The molecule has 174 valence electrons. The van der Waals surface area contributed by atoms with Gasteiger partial charge in [-0.05, 0) is 28.7 Å². The lowest BCUT2D eigenvalue weighted by Gasteiger charge is -2.27. The van der Waals surface area contributed by atoms with E-state index < -0.39 is 36.2 Å². The number of alkyl carbamates (subject to hydrolysis) is 1. The summed E-state index contributed by atoms with van der Waals surface area (Å²) in [5.74, 6) is -1.79. The summed E-state index contributed by atoms with van der Waals surface area (Å²) in [7, 11) is 0. The highest BCUT2D eigenvalue weighted by atomic mass is 16.5. The molecule has 0 aromatic heterocycles. The highest BCUT2D eigenvalue weighted by molar-refractivity contribution is 5.90. The van der Waals surface area contributed by atoms with Crippen molar-refractivity contribution < 1.29 is 29.3 Å². The molecule has 2 aromatic carbocycles. The van der Waals surface area contributed by atoms with Gasteiger partial charge in [-0.1, -0.05) is 61.9 Å². The van der Waals surface area contributed by atoms with Gasteiger partial charge in [-0.25, -0.2) is 9.59 Å². The van der Waals surface area contributed by atoms with Gasteiger partial charge in [-0.3, -0.25) is 4.79 Å². The smallest absolute Gasteiger partial charge is 0.407 e. The molecule has 1 aliphatic heterocycles. The number of nitrogens with zero attached hydrogens (tertiary/aromatic N) is 1. The maximum Gasteiger partial charge on any atom is 0.407 e. The van der Waals surface area contributed by atoms with E-state index in [4.69, 9.17) is 4.74 Å². The molecule has 0 bridgehead atoms. The Labute approximate surface area is 192 Å². The quantitative estimate of drug-likeness (QED) is 0.595. The Morgan fingerprint density at radius 2 is 1.70 bits per heavy atom. The molecule has 2 aromatic rings. The number of ether oxygens (including phenoxy) is 1. The average Bonchev–Trinajstić information content (AvgIpc) is 3.35. The first-order valence-corrected chi connectivity index (χ1v) is 11.2. The number of hydrogen-bond acceptors (Lipinski definition) is 5. The molecule has 0 radical (unpaired) electrons. The van der Waals surface area contributed by atoms with Crippen molar-refractivity contribution >= 4 is 18.0 Å². The van der Waals surface area contributed by atoms with Crippen LogP contribution in [0.2, 0.25) is 0 Å². The lowest BCUT2D eigenvalue weighted by molar-refractivity contribution is -0.149. The summed E-state index contributed by atoms with van der Waals surface area (Å²) in [5.41, 5.74) is 4.41. The Kier molecular flexibility index (Phi) is 6.65. The van der Waals surface area contributed by atoms with Crippen molar-refractivity contribution in [2.75, 3.05) is 13.2 Å². The molecule has 1 heterocycles. The van der Waals surface area contributed by atoms with Gasteiger partial charge in [-0.2, -0.15) is 0 Å². The highest BCUT2D eigenvalue weighted by Gasteiger charge is 2.41. The van der Waals surface area contributed by atoms with Crippen LogP contribution in [0.15, 0.2) is 48.5 Å². The van der Waals surface area contributed by atoms with E-state index in [0.717, 1.165) is 27.2 Å². The third-order valence-corrected chi connectivity index (χ3v) is 6.36. The summed E-state index contributed by atoms with van der Waals surface area (Å²) in [6.07, 6.45) is -0.705. The summed E-state index contributed by atoms with van der Waals surface area (Å²) < 4.78 is 5.54. The fourth-order valence-electron chi connectivity index (χ4n) is 4.82. The molecule has 8 nitrogen and oxygen atoms in total. The first kappa shape index (κ1) is 22.8. The zero-order valence-corrected chi connectivity index (χ0v) is 18.4. The van der Waals surface area contributed by atoms with Gasteiger partial charge in [0.25, 0.3) is 0 Å². The predicted octanol–water partition coefficient (Wildman–Crippen LogP) is 2.74. The van der Waals surface area contributed by atoms with Gasteiger partial charge in [0.15, 0.2) is 0 Å². The van der Waals surface area contributed by atoms with Crippen molar-refractivity contribution in [3.05, 3.63) is 59.7 Å².